The van der Waals surface area contributed by atoms with Gasteiger partial charge in [0.1, 0.15) is 23.7 Å². The van der Waals surface area contributed by atoms with Gasteiger partial charge in [0, 0.05) is 23.5 Å². The fraction of sp³-hybridized carbons (Fsp3) is 0.462. The molecule has 2 aliphatic rings. The first kappa shape index (κ1) is 39.3. The predicted octanol–water partition coefficient (Wildman–Crippen LogP) is 2.94. The SMILES string of the molecule is CC(C)C[C@H](NC(=O)[C@H](Cc1ccccc1)N1C(=O)[C@@H](NC(=O)[C@H](CCc2ccccc2)NC(=O)Cc2cnc(OC=O)s2)CC1C)C(=O)C1(C)CO1. The van der Waals surface area contributed by atoms with Gasteiger partial charge in [0.05, 0.1) is 19.1 Å². The quantitative estimate of drug-likeness (QED) is 0.123. The summed E-state index contributed by atoms with van der Waals surface area (Å²) in [6.45, 7) is 8.04. The number of ether oxygens (including phenoxy) is 2. The highest BCUT2D eigenvalue weighted by Gasteiger charge is 2.51. The number of nitrogens with zero attached hydrogens (tertiary/aromatic N) is 2. The van der Waals surface area contributed by atoms with E-state index in [-0.39, 0.29) is 49.1 Å². The number of nitrogens with one attached hydrogen (secondary N) is 3. The molecule has 2 aliphatic heterocycles. The summed E-state index contributed by atoms with van der Waals surface area (Å²) in [6, 6.07) is 14.8. The Balaban J connectivity index is 1.32. The summed E-state index contributed by atoms with van der Waals surface area (Å²) < 4.78 is 10.2. The monoisotopic (exact) mass is 745 g/mol. The maximum Gasteiger partial charge on any atom is 0.300 e. The Bertz CT molecular complexity index is 1760. The Morgan fingerprint density at radius 3 is 2.30 bits per heavy atom. The van der Waals surface area contributed by atoms with E-state index in [4.69, 9.17) is 9.47 Å². The smallest absolute Gasteiger partial charge is 0.300 e. The number of ketones is 1. The van der Waals surface area contributed by atoms with Gasteiger partial charge >= 0.3 is 0 Å². The second-order valence-corrected chi connectivity index (χ2v) is 15.4. The molecule has 6 atom stereocenters. The van der Waals surface area contributed by atoms with E-state index in [1.165, 1.54) is 11.1 Å². The molecule has 13 nitrogen and oxygen atoms in total. The van der Waals surface area contributed by atoms with Gasteiger partial charge in [-0.2, -0.15) is 0 Å². The van der Waals surface area contributed by atoms with Crippen molar-refractivity contribution in [1.29, 1.82) is 0 Å². The van der Waals surface area contributed by atoms with Crippen molar-refractivity contribution < 1.29 is 38.2 Å². The van der Waals surface area contributed by atoms with Crippen LogP contribution in [0.2, 0.25) is 0 Å². The van der Waals surface area contributed by atoms with Crippen LogP contribution in [0.5, 0.6) is 5.19 Å². The summed E-state index contributed by atoms with van der Waals surface area (Å²) in [5.41, 5.74) is 0.869. The molecule has 2 saturated heterocycles. The molecular formula is C39H47N5O8S. The van der Waals surface area contributed by atoms with E-state index >= 15 is 0 Å². The Labute approximate surface area is 313 Å². The molecule has 53 heavy (non-hydrogen) atoms. The van der Waals surface area contributed by atoms with Gasteiger partial charge in [-0.1, -0.05) is 85.8 Å². The molecule has 2 unspecified atom stereocenters. The first-order valence-electron chi connectivity index (χ1n) is 17.9. The van der Waals surface area contributed by atoms with Crippen molar-refractivity contribution in [2.45, 2.75) is 102 Å². The topological polar surface area (TPSA) is 176 Å². The number of epoxide rings is 1. The van der Waals surface area contributed by atoms with Gasteiger partial charge in [0.25, 0.3) is 11.7 Å². The number of hydrogen-bond donors (Lipinski definition) is 3. The number of aromatic nitrogens is 1. The van der Waals surface area contributed by atoms with E-state index in [0.29, 0.717) is 24.3 Å². The van der Waals surface area contributed by atoms with Gasteiger partial charge < -0.3 is 30.3 Å². The lowest BCUT2D eigenvalue weighted by atomic mass is 9.92. The first-order chi connectivity index (χ1) is 25.4. The molecule has 0 aliphatic carbocycles. The number of aryl methyl sites for hydroxylation is 1. The van der Waals surface area contributed by atoms with Crippen LogP contribution in [0.15, 0.2) is 66.9 Å². The van der Waals surface area contributed by atoms with Crippen molar-refractivity contribution in [3.8, 4) is 5.19 Å². The van der Waals surface area contributed by atoms with Gasteiger partial charge in [-0.05, 0) is 56.6 Å². The lowest BCUT2D eigenvalue weighted by molar-refractivity contribution is -0.142. The average molecular weight is 746 g/mol. The molecule has 5 rings (SSSR count). The fourth-order valence-corrected chi connectivity index (χ4v) is 7.37. The van der Waals surface area contributed by atoms with Crippen molar-refractivity contribution in [1.82, 2.24) is 25.8 Å². The lowest BCUT2D eigenvalue weighted by Crippen LogP contribution is -2.57. The van der Waals surface area contributed by atoms with Crippen LogP contribution in [0.25, 0.3) is 0 Å². The molecule has 0 saturated carbocycles. The van der Waals surface area contributed by atoms with Crippen molar-refractivity contribution >= 4 is 47.2 Å². The van der Waals surface area contributed by atoms with Crippen molar-refractivity contribution in [2.75, 3.05) is 6.61 Å². The zero-order chi connectivity index (χ0) is 38.1. The number of thiazole rings is 1. The van der Waals surface area contributed by atoms with Crippen LogP contribution in [0.4, 0.5) is 0 Å². The fourth-order valence-electron chi connectivity index (χ4n) is 6.65. The molecule has 0 spiro atoms. The van der Waals surface area contributed by atoms with Crippen molar-refractivity contribution in [2.24, 2.45) is 5.92 Å². The average Bonchev–Trinajstić information content (AvgIpc) is 3.63. The molecule has 282 valence electrons. The van der Waals surface area contributed by atoms with Crippen LogP contribution >= 0.6 is 11.3 Å². The standard InChI is InChI=1S/C39H47N5O8S/c1-24(2)17-30(34(47)39(4)22-52-39)42-36(49)32(19-27-13-9-6-10-14-27)44-25(3)18-31(37(44)50)43-35(48)29(16-15-26-11-7-5-8-12-26)41-33(46)20-28-21-40-38(53-28)51-23-45/h5-14,21,23-25,29-32H,15-20,22H2,1-4H3,(H,41,46)(H,42,49)(H,43,48)/t25?,29-,30-,31-,32-,39?/m0/s1. The zero-order valence-corrected chi connectivity index (χ0v) is 31.2. The van der Waals surface area contributed by atoms with E-state index in [1.807, 2.05) is 81.4 Å². The van der Waals surface area contributed by atoms with Gasteiger partial charge in [-0.25, -0.2) is 4.98 Å². The number of rotatable bonds is 19. The third-order valence-electron chi connectivity index (χ3n) is 9.50. The molecule has 3 aromatic rings. The summed E-state index contributed by atoms with van der Waals surface area (Å²) in [5.74, 6) is -1.94. The number of carbonyl (C=O) groups excluding carboxylic acids is 6. The first-order valence-corrected chi connectivity index (χ1v) is 18.7. The number of amides is 4. The number of hydrogen-bond acceptors (Lipinski definition) is 10. The van der Waals surface area contributed by atoms with E-state index in [0.717, 1.165) is 22.5 Å². The summed E-state index contributed by atoms with van der Waals surface area (Å²) in [4.78, 5) is 85.5. The molecule has 0 radical (unpaired) electrons. The van der Waals surface area contributed by atoms with E-state index in [9.17, 15) is 28.8 Å². The minimum Gasteiger partial charge on any atom is -0.400 e. The molecule has 2 fully saturated rings. The maximum absolute atomic E-state index is 14.2. The van der Waals surface area contributed by atoms with Crippen LogP contribution in [0, 0.1) is 5.92 Å². The Kier molecular flexibility index (Phi) is 13.1. The second-order valence-electron chi connectivity index (χ2n) is 14.3. The van der Waals surface area contributed by atoms with Crippen LogP contribution in [-0.4, -0.2) is 88.2 Å². The van der Waals surface area contributed by atoms with Crippen LogP contribution in [0.1, 0.15) is 63.0 Å². The van der Waals surface area contributed by atoms with E-state index in [2.05, 4.69) is 20.9 Å². The Morgan fingerprint density at radius 2 is 1.68 bits per heavy atom. The highest BCUT2D eigenvalue weighted by Crippen LogP contribution is 2.30. The van der Waals surface area contributed by atoms with Gasteiger partial charge in [0.2, 0.25) is 23.6 Å². The lowest BCUT2D eigenvalue weighted by Gasteiger charge is -2.33. The van der Waals surface area contributed by atoms with Crippen molar-refractivity contribution in [3.63, 3.8) is 0 Å². The molecular weight excluding hydrogens is 699 g/mol. The highest BCUT2D eigenvalue weighted by atomic mass is 32.1. The summed E-state index contributed by atoms with van der Waals surface area (Å²) in [7, 11) is 0. The second kappa shape index (κ2) is 17.7. The minimum absolute atomic E-state index is 0.0932. The summed E-state index contributed by atoms with van der Waals surface area (Å²) in [6.07, 6.45) is 2.93. The zero-order valence-electron chi connectivity index (χ0n) is 30.4. The third-order valence-corrected chi connectivity index (χ3v) is 10.4. The molecule has 0 bridgehead atoms. The summed E-state index contributed by atoms with van der Waals surface area (Å²) >= 11 is 1.04. The van der Waals surface area contributed by atoms with Gasteiger partial charge in [0.15, 0.2) is 5.78 Å². The molecule has 3 heterocycles. The third kappa shape index (κ3) is 10.6. The molecule has 1 aromatic heterocycles. The van der Waals surface area contributed by atoms with Gasteiger partial charge in [-0.15, -0.1) is 0 Å². The number of benzene rings is 2. The minimum atomic E-state index is -0.976. The molecule has 3 N–H and O–H groups in total. The number of carbonyl (C=O) groups is 6. The largest absolute Gasteiger partial charge is 0.400 e. The highest BCUT2D eigenvalue weighted by molar-refractivity contribution is 7.13. The molecule has 2 aromatic carbocycles. The number of Topliss-reactive ketones (excluding diaryl/α,β-unsaturated/α-hetero) is 1. The van der Waals surface area contributed by atoms with Gasteiger partial charge in [-0.3, -0.25) is 28.8 Å². The maximum atomic E-state index is 14.2. The van der Waals surface area contributed by atoms with Crippen molar-refractivity contribution in [3.05, 3.63) is 82.9 Å². The number of likely N-dealkylation sites (tertiary alicyclic amines) is 1. The van der Waals surface area contributed by atoms with E-state index < -0.39 is 59.4 Å². The van der Waals surface area contributed by atoms with E-state index in [1.54, 1.807) is 6.92 Å². The van der Waals surface area contributed by atoms with Crippen LogP contribution in [-0.2, 0) is 52.8 Å². The summed E-state index contributed by atoms with van der Waals surface area (Å²) in [5, 5.41) is 8.75. The predicted molar refractivity (Wildman–Crippen MR) is 197 cm³/mol. The van der Waals surface area contributed by atoms with Crippen LogP contribution < -0.4 is 20.7 Å². The van der Waals surface area contributed by atoms with Crippen LogP contribution in [0.3, 0.4) is 0 Å². The normalized spacial score (nSPS) is 21.0. The molecule has 14 heteroatoms. The molecule has 4 amide bonds. The Morgan fingerprint density at radius 1 is 1.02 bits per heavy atom. The Hall–Kier alpha value is -4.95.